The van der Waals surface area contributed by atoms with Crippen molar-refractivity contribution in [3.05, 3.63) is 17.7 Å². The summed E-state index contributed by atoms with van der Waals surface area (Å²) < 4.78 is 6.68. The predicted octanol–water partition coefficient (Wildman–Crippen LogP) is 2.54. The van der Waals surface area contributed by atoms with Crippen LogP contribution >= 0.6 is 11.3 Å². The Kier molecular flexibility index (Phi) is 3.16. The number of rotatable bonds is 1. The summed E-state index contributed by atoms with van der Waals surface area (Å²) in [7, 11) is 0. The Bertz CT molecular complexity index is 818. The van der Waals surface area contributed by atoms with Gasteiger partial charge in [0.2, 0.25) is 0 Å². The Balaban J connectivity index is 1.82. The molecule has 22 heavy (non-hydrogen) atoms. The molecule has 0 saturated carbocycles. The Hall–Kier alpha value is -2.26. The number of nitrogens with one attached hydrogen (secondary N) is 1. The quantitative estimate of drug-likeness (QED) is 0.823. The van der Waals surface area contributed by atoms with E-state index in [1.807, 2.05) is 12.1 Å². The second kappa shape index (κ2) is 5.18. The first kappa shape index (κ1) is 13.4. The number of thiazole rings is 1. The summed E-state index contributed by atoms with van der Waals surface area (Å²) >= 11 is 1.53. The number of nitrogens with zero attached hydrogens (tertiary/aromatic N) is 2. The van der Waals surface area contributed by atoms with Crippen molar-refractivity contribution < 1.29 is 9.53 Å². The zero-order valence-electron chi connectivity index (χ0n) is 12.2. The van der Waals surface area contributed by atoms with Crippen LogP contribution in [0.5, 0.6) is 5.75 Å². The summed E-state index contributed by atoms with van der Waals surface area (Å²) in [5.41, 5.74) is 2.10. The molecular formula is C16H15N3O2S. The largest absolute Gasteiger partial charge is 0.493 e. The molecule has 2 aliphatic rings. The van der Waals surface area contributed by atoms with Crippen LogP contribution in [0.15, 0.2) is 12.1 Å². The standard InChI is InChI=1S/C16H15N3O2S/c1-2-3-10-6-8-17-15(20)19(10)16-18-14-11-7-9-21-12(11)4-5-13(14)22-16/h4-5,10H,6-9H2,1H3,(H,17,20). The first-order valence-corrected chi connectivity index (χ1v) is 8.14. The van der Waals surface area contributed by atoms with E-state index in [1.165, 1.54) is 11.3 Å². The third-order valence-corrected chi connectivity index (χ3v) is 4.98. The van der Waals surface area contributed by atoms with Gasteiger partial charge < -0.3 is 10.1 Å². The normalized spacial score (nSPS) is 20.1. The minimum atomic E-state index is -0.119. The number of fused-ring (bicyclic) bond motifs is 3. The highest BCUT2D eigenvalue weighted by Gasteiger charge is 2.31. The third kappa shape index (κ3) is 2.01. The van der Waals surface area contributed by atoms with E-state index in [0.29, 0.717) is 18.3 Å². The molecule has 2 aromatic rings. The van der Waals surface area contributed by atoms with Crippen molar-refractivity contribution in [1.29, 1.82) is 0 Å². The van der Waals surface area contributed by atoms with Gasteiger partial charge in [-0.05, 0) is 25.5 Å². The second-order valence-electron chi connectivity index (χ2n) is 5.28. The van der Waals surface area contributed by atoms with Gasteiger partial charge in [0.25, 0.3) is 0 Å². The molecule has 4 rings (SSSR count). The molecule has 0 bridgehead atoms. The summed E-state index contributed by atoms with van der Waals surface area (Å²) in [6.07, 6.45) is 1.68. The number of aromatic nitrogens is 1. The molecule has 1 saturated heterocycles. The van der Waals surface area contributed by atoms with E-state index in [4.69, 9.17) is 9.72 Å². The lowest BCUT2D eigenvalue weighted by Gasteiger charge is -2.30. The maximum atomic E-state index is 12.3. The van der Waals surface area contributed by atoms with Gasteiger partial charge in [0.15, 0.2) is 5.13 Å². The zero-order chi connectivity index (χ0) is 15.1. The number of carbonyl (C=O) groups excluding carboxylic acids is 1. The van der Waals surface area contributed by atoms with Crippen molar-refractivity contribution in [2.45, 2.75) is 25.8 Å². The molecule has 1 aromatic carbocycles. The van der Waals surface area contributed by atoms with Crippen molar-refractivity contribution >= 4 is 32.7 Å². The van der Waals surface area contributed by atoms with Crippen LogP contribution in [0, 0.1) is 11.8 Å². The van der Waals surface area contributed by atoms with E-state index >= 15 is 0 Å². The predicted molar refractivity (Wildman–Crippen MR) is 86.6 cm³/mol. The number of hydrogen-bond donors (Lipinski definition) is 1. The van der Waals surface area contributed by atoms with Gasteiger partial charge in [0.1, 0.15) is 11.8 Å². The van der Waals surface area contributed by atoms with E-state index in [2.05, 4.69) is 17.2 Å². The molecule has 0 radical (unpaired) electrons. The Morgan fingerprint density at radius 2 is 2.41 bits per heavy atom. The molecule has 0 aliphatic carbocycles. The number of amides is 2. The maximum absolute atomic E-state index is 12.3. The van der Waals surface area contributed by atoms with Crippen LogP contribution in [-0.2, 0) is 6.42 Å². The van der Waals surface area contributed by atoms with Crippen LogP contribution in [0.2, 0.25) is 0 Å². The highest BCUT2D eigenvalue weighted by atomic mass is 32.1. The van der Waals surface area contributed by atoms with Gasteiger partial charge in [-0.2, -0.15) is 0 Å². The fourth-order valence-corrected chi connectivity index (χ4v) is 4.00. The van der Waals surface area contributed by atoms with Crippen LogP contribution in [0.25, 0.3) is 10.2 Å². The third-order valence-electron chi connectivity index (χ3n) is 3.96. The molecule has 3 heterocycles. The van der Waals surface area contributed by atoms with Gasteiger partial charge in [0, 0.05) is 18.5 Å². The molecule has 0 spiro atoms. The van der Waals surface area contributed by atoms with Crippen molar-refractivity contribution in [2.75, 3.05) is 18.1 Å². The van der Waals surface area contributed by atoms with Crippen molar-refractivity contribution in [2.24, 2.45) is 0 Å². The van der Waals surface area contributed by atoms with E-state index in [1.54, 1.807) is 11.8 Å². The van der Waals surface area contributed by atoms with Crippen LogP contribution in [0.4, 0.5) is 9.93 Å². The van der Waals surface area contributed by atoms with Crippen molar-refractivity contribution in [1.82, 2.24) is 10.3 Å². The van der Waals surface area contributed by atoms with Crippen molar-refractivity contribution in [3.63, 3.8) is 0 Å². The molecule has 112 valence electrons. The monoisotopic (exact) mass is 313 g/mol. The summed E-state index contributed by atoms with van der Waals surface area (Å²) in [6.45, 7) is 3.16. The number of carbonyl (C=O) groups is 1. The first-order valence-electron chi connectivity index (χ1n) is 7.32. The van der Waals surface area contributed by atoms with E-state index < -0.39 is 0 Å². The van der Waals surface area contributed by atoms with E-state index in [-0.39, 0.29) is 12.1 Å². The minimum Gasteiger partial charge on any atom is -0.493 e. The zero-order valence-corrected chi connectivity index (χ0v) is 13.0. The number of urea groups is 1. The van der Waals surface area contributed by atoms with Crippen LogP contribution in [0.3, 0.4) is 0 Å². The molecule has 5 nitrogen and oxygen atoms in total. The van der Waals surface area contributed by atoms with Crippen LogP contribution in [0.1, 0.15) is 18.9 Å². The van der Waals surface area contributed by atoms with E-state index in [9.17, 15) is 4.79 Å². The Labute approximate surface area is 132 Å². The molecule has 1 atom stereocenters. The fraction of sp³-hybridized carbons (Fsp3) is 0.375. The fourth-order valence-electron chi connectivity index (χ4n) is 2.96. The number of anilines is 1. The highest BCUT2D eigenvalue weighted by molar-refractivity contribution is 7.22. The highest BCUT2D eigenvalue weighted by Crippen LogP contribution is 2.38. The Morgan fingerprint density at radius 3 is 3.27 bits per heavy atom. The van der Waals surface area contributed by atoms with Crippen LogP contribution < -0.4 is 15.0 Å². The lowest BCUT2D eigenvalue weighted by Crippen LogP contribution is -2.52. The Morgan fingerprint density at radius 1 is 1.50 bits per heavy atom. The second-order valence-corrected chi connectivity index (χ2v) is 6.29. The van der Waals surface area contributed by atoms with Gasteiger partial charge in [-0.15, -0.1) is 5.92 Å². The van der Waals surface area contributed by atoms with Gasteiger partial charge in [-0.25, -0.2) is 9.78 Å². The lowest BCUT2D eigenvalue weighted by molar-refractivity contribution is 0.240. The smallest absolute Gasteiger partial charge is 0.324 e. The number of benzene rings is 1. The lowest BCUT2D eigenvalue weighted by atomic mass is 10.1. The summed E-state index contributed by atoms with van der Waals surface area (Å²) in [5.74, 6) is 6.95. The summed E-state index contributed by atoms with van der Waals surface area (Å²) in [5, 5.41) is 3.59. The average molecular weight is 313 g/mol. The number of ether oxygens (including phenoxy) is 1. The van der Waals surface area contributed by atoms with Crippen LogP contribution in [-0.4, -0.2) is 30.2 Å². The molecule has 1 N–H and O–H groups in total. The van der Waals surface area contributed by atoms with Crippen molar-refractivity contribution in [3.8, 4) is 17.6 Å². The molecule has 6 heteroatoms. The van der Waals surface area contributed by atoms with Gasteiger partial charge in [-0.3, -0.25) is 4.90 Å². The molecule has 2 aliphatic heterocycles. The molecule has 2 amide bonds. The topological polar surface area (TPSA) is 54.5 Å². The van der Waals surface area contributed by atoms with E-state index in [0.717, 1.165) is 34.4 Å². The molecule has 1 aromatic heterocycles. The summed E-state index contributed by atoms with van der Waals surface area (Å²) in [6, 6.07) is 3.78. The molecule has 1 fully saturated rings. The van der Waals surface area contributed by atoms with Gasteiger partial charge in [0.05, 0.1) is 16.8 Å². The van der Waals surface area contributed by atoms with Gasteiger partial charge >= 0.3 is 6.03 Å². The minimum absolute atomic E-state index is 0.108. The number of hydrogen-bond acceptors (Lipinski definition) is 4. The SMILES string of the molecule is CC#CC1CCNC(=O)N1c1nc2c3c(ccc2s1)OCC3. The average Bonchev–Trinajstić information content (AvgIpc) is 3.13. The summed E-state index contributed by atoms with van der Waals surface area (Å²) in [4.78, 5) is 18.7. The van der Waals surface area contributed by atoms with Gasteiger partial charge in [-0.1, -0.05) is 17.3 Å². The molecule has 1 unspecified atom stereocenters. The maximum Gasteiger partial charge on any atom is 0.324 e. The molecular weight excluding hydrogens is 298 g/mol. The first-order chi connectivity index (χ1) is 10.8.